The number of ether oxygens (including phenoxy) is 4. The second kappa shape index (κ2) is 15.0. The predicted molar refractivity (Wildman–Crippen MR) is 161 cm³/mol. The fraction of sp³-hybridized carbons (Fsp3) is 0.969. The third-order valence-corrected chi connectivity index (χ3v) is 9.78. The van der Waals surface area contributed by atoms with Gasteiger partial charge in [-0.25, -0.2) is 0 Å². The maximum absolute atomic E-state index is 13.7. The molecular weight excluding hydrogens is 542 g/mol. The maximum atomic E-state index is 13.7. The molecule has 2 aliphatic rings. The Morgan fingerprint density at radius 3 is 2.12 bits per heavy atom. The first-order chi connectivity index (χ1) is 19.3. The van der Waals surface area contributed by atoms with Gasteiger partial charge in [-0.2, -0.15) is 0 Å². The van der Waals surface area contributed by atoms with Crippen LogP contribution in [0, 0.1) is 17.8 Å². The highest BCUT2D eigenvalue weighted by molar-refractivity contribution is 5.73. The highest BCUT2D eigenvalue weighted by Gasteiger charge is 2.49. The second-order valence-corrected chi connectivity index (χ2v) is 14.0. The van der Waals surface area contributed by atoms with Crippen molar-refractivity contribution in [2.24, 2.45) is 17.8 Å². The highest BCUT2D eigenvalue weighted by Crippen LogP contribution is 2.37. The molecule has 0 aromatic carbocycles. The number of carbonyl (C=O) groups is 1. The Morgan fingerprint density at radius 2 is 1.57 bits per heavy atom. The Balaban J connectivity index is 2.51. The fourth-order valence-corrected chi connectivity index (χ4v) is 7.19. The first-order valence-electron chi connectivity index (χ1n) is 15.9. The van der Waals surface area contributed by atoms with Crippen LogP contribution in [0.1, 0.15) is 101 Å². The van der Waals surface area contributed by atoms with Crippen LogP contribution in [0.4, 0.5) is 0 Å². The van der Waals surface area contributed by atoms with Crippen molar-refractivity contribution in [1.82, 2.24) is 4.90 Å². The summed E-state index contributed by atoms with van der Waals surface area (Å²) in [4.78, 5) is 15.9. The van der Waals surface area contributed by atoms with Crippen molar-refractivity contribution in [1.29, 1.82) is 0 Å². The van der Waals surface area contributed by atoms with Crippen LogP contribution in [0.5, 0.6) is 0 Å². The molecule has 2 aliphatic heterocycles. The first-order valence-corrected chi connectivity index (χ1v) is 15.9. The van der Waals surface area contributed by atoms with Crippen molar-refractivity contribution in [2.45, 2.75) is 161 Å². The molecule has 2 rings (SSSR count). The van der Waals surface area contributed by atoms with Crippen molar-refractivity contribution in [3.63, 3.8) is 0 Å². The van der Waals surface area contributed by atoms with Crippen LogP contribution >= 0.6 is 0 Å². The number of rotatable bonds is 6. The van der Waals surface area contributed by atoms with Gasteiger partial charge in [-0.1, -0.05) is 27.7 Å². The number of carbonyl (C=O) groups excluding carboxylic acids is 1. The Bertz CT molecular complexity index is 854. The molecule has 0 aromatic heterocycles. The molecule has 2 fully saturated rings. The summed E-state index contributed by atoms with van der Waals surface area (Å²) in [5.41, 5.74) is -3.66. The zero-order valence-corrected chi connectivity index (χ0v) is 28.0. The summed E-state index contributed by atoms with van der Waals surface area (Å²) in [6, 6.07) is -0.0000475. The molecular formula is C32H61NO9. The maximum Gasteiger partial charge on any atom is 0.311 e. The van der Waals surface area contributed by atoms with E-state index in [1.165, 1.54) is 14.0 Å². The molecule has 10 heteroatoms. The van der Waals surface area contributed by atoms with Gasteiger partial charge in [0.25, 0.3) is 0 Å². The molecule has 4 N–H and O–H groups in total. The molecule has 2 unspecified atom stereocenters. The number of esters is 1. The molecule has 0 aliphatic carbocycles. The summed E-state index contributed by atoms with van der Waals surface area (Å²) in [6.07, 6.45) is -2.69. The van der Waals surface area contributed by atoms with Crippen LogP contribution in [0.2, 0.25) is 0 Å². The Morgan fingerprint density at radius 1 is 0.952 bits per heavy atom. The lowest BCUT2D eigenvalue weighted by Gasteiger charge is -2.46. The molecule has 10 nitrogen and oxygen atoms in total. The number of aliphatic hydroxyl groups excluding tert-OH is 2. The van der Waals surface area contributed by atoms with Gasteiger partial charge in [0.1, 0.15) is 17.8 Å². The zero-order chi connectivity index (χ0) is 32.2. The molecule has 0 amide bonds. The van der Waals surface area contributed by atoms with Crippen molar-refractivity contribution in [2.75, 3.05) is 20.2 Å². The number of methoxy groups -OCH3 is 1. The number of nitrogens with zero attached hydrogens (tertiary/aromatic N) is 1. The summed E-state index contributed by atoms with van der Waals surface area (Å²) in [5, 5.41) is 45.2. The molecule has 0 bridgehead atoms. The Labute approximate surface area is 254 Å². The third kappa shape index (κ3) is 8.87. The molecule has 0 radical (unpaired) electrons. The summed E-state index contributed by atoms with van der Waals surface area (Å²) in [7, 11) is 1.54. The number of cyclic esters (lactones) is 1. The van der Waals surface area contributed by atoms with Crippen molar-refractivity contribution in [3.8, 4) is 0 Å². The van der Waals surface area contributed by atoms with Crippen molar-refractivity contribution in [3.05, 3.63) is 0 Å². The van der Waals surface area contributed by atoms with Crippen LogP contribution in [-0.2, 0) is 23.7 Å². The second-order valence-electron chi connectivity index (χ2n) is 14.0. The van der Waals surface area contributed by atoms with E-state index in [-0.39, 0.29) is 24.3 Å². The van der Waals surface area contributed by atoms with E-state index < -0.39 is 65.5 Å². The van der Waals surface area contributed by atoms with Crippen LogP contribution < -0.4 is 0 Å². The van der Waals surface area contributed by atoms with Gasteiger partial charge in [-0.3, -0.25) is 4.79 Å². The minimum absolute atomic E-state index is 0.0000475. The van der Waals surface area contributed by atoms with Gasteiger partial charge in [-0.15, -0.1) is 0 Å². The summed E-state index contributed by atoms with van der Waals surface area (Å²) < 4.78 is 24.1. The molecule has 0 spiro atoms. The monoisotopic (exact) mass is 603 g/mol. The lowest BCUT2D eigenvalue weighted by molar-refractivity contribution is -0.296. The fourth-order valence-electron chi connectivity index (χ4n) is 7.19. The molecule has 248 valence electrons. The van der Waals surface area contributed by atoms with Gasteiger partial charge >= 0.3 is 5.97 Å². The van der Waals surface area contributed by atoms with E-state index in [9.17, 15) is 25.2 Å². The molecule has 13 atom stereocenters. The summed E-state index contributed by atoms with van der Waals surface area (Å²) in [5.74, 6) is -1.95. The van der Waals surface area contributed by atoms with E-state index in [1.807, 2.05) is 27.7 Å². The van der Waals surface area contributed by atoms with Gasteiger partial charge in [0.05, 0.1) is 35.4 Å². The van der Waals surface area contributed by atoms with Gasteiger partial charge in [-0.05, 0) is 85.6 Å². The molecule has 2 heterocycles. The van der Waals surface area contributed by atoms with Crippen LogP contribution in [0.3, 0.4) is 0 Å². The first kappa shape index (κ1) is 37.3. The molecule has 0 aromatic rings. The largest absolute Gasteiger partial charge is 0.459 e. The molecule has 0 saturated carbocycles. The quantitative estimate of drug-likeness (QED) is 0.335. The van der Waals surface area contributed by atoms with Crippen LogP contribution in [0.15, 0.2) is 0 Å². The lowest BCUT2D eigenvalue weighted by atomic mass is 9.81. The van der Waals surface area contributed by atoms with Crippen molar-refractivity contribution >= 4 is 5.97 Å². The van der Waals surface area contributed by atoms with E-state index in [1.54, 1.807) is 20.8 Å². The summed E-state index contributed by atoms with van der Waals surface area (Å²) >= 11 is 0. The minimum Gasteiger partial charge on any atom is -0.459 e. The van der Waals surface area contributed by atoms with Gasteiger partial charge in [0, 0.05) is 26.1 Å². The van der Waals surface area contributed by atoms with Gasteiger partial charge in [0.2, 0.25) is 0 Å². The average molecular weight is 604 g/mol. The lowest BCUT2D eigenvalue weighted by Crippen LogP contribution is -2.57. The SMILES string of the molecule is CCCN1C[C@@H](C)[C@@H](O)[C@](C)(O)[C@@H](CC)OC(=O)C(C)[C@H](OC2C[C@@](C)(OC)[C@@H](O)[C@H](C)O2)[C@H](C)C[C@](C)(O)C[C@H]1C. The molecule has 2 saturated heterocycles. The number of aliphatic hydroxyl groups is 4. The molecule has 42 heavy (non-hydrogen) atoms. The summed E-state index contributed by atoms with van der Waals surface area (Å²) in [6.45, 7) is 19.8. The minimum atomic E-state index is -1.68. The van der Waals surface area contributed by atoms with Crippen LogP contribution in [0.25, 0.3) is 0 Å². The van der Waals surface area contributed by atoms with E-state index in [4.69, 9.17) is 18.9 Å². The van der Waals surface area contributed by atoms with Gasteiger partial charge < -0.3 is 44.3 Å². The average Bonchev–Trinajstić information content (AvgIpc) is 2.90. The highest BCUT2D eigenvalue weighted by atomic mass is 16.7. The standard InChI is InChI=1S/C32H61NO9/c1-12-14-33-18-20(4)27(34)32(10,38)24(13-2)41-29(36)22(6)26(19(3)15-30(8,37)16-21(33)5)42-25-17-31(9,39-11)28(35)23(7)40-25/h19-28,34-35,37-38H,12-18H2,1-11H3/t19-,20-,21-,22?,23+,24-,25?,26-,27-,28+,30+,31-,32-/m1/s1. The topological polar surface area (TPSA) is 138 Å². The Hall–Kier alpha value is -0.850. The third-order valence-electron chi connectivity index (χ3n) is 9.78. The van der Waals surface area contributed by atoms with E-state index >= 15 is 0 Å². The van der Waals surface area contributed by atoms with E-state index in [0.717, 1.165) is 13.0 Å². The van der Waals surface area contributed by atoms with E-state index in [2.05, 4.69) is 18.7 Å². The van der Waals surface area contributed by atoms with Crippen molar-refractivity contribution < 1.29 is 44.2 Å². The Kier molecular flexibility index (Phi) is 13.3. The van der Waals surface area contributed by atoms with Crippen LogP contribution in [-0.4, -0.2) is 111 Å². The van der Waals surface area contributed by atoms with E-state index in [0.29, 0.717) is 25.8 Å². The predicted octanol–water partition coefficient (Wildman–Crippen LogP) is 3.26. The smallest absolute Gasteiger partial charge is 0.311 e. The number of hydrogen-bond donors (Lipinski definition) is 4. The normalized spacial score (nSPS) is 47.4. The zero-order valence-electron chi connectivity index (χ0n) is 28.0. The van der Waals surface area contributed by atoms with Gasteiger partial charge in [0.15, 0.2) is 6.29 Å². The number of hydrogen-bond acceptors (Lipinski definition) is 10.